The maximum atomic E-state index is 9.96. The summed E-state index contributed by atoms with van der Waals surface area (Å²) >= 11 is 0. The van der Waals surface area contributed by atoms with Crippen LogP contribution in [-0.2, 0) is 9.53 Å². The Bertz CT molecular complexity index is 256. The van der Waals surface area contributed by atoms with Gasteiger partial charge < -0.3 is 14.9 Å². The average Bonchev–Trinajstić information content (AvgIpc) is 2.22. The van der Waals surface area contributed by atoms with Crippen molar-refractivity contribution >= 4 is 5.97 Å². The molecule has 0 saturated heterocycles. The highest BCUT2D eigenvalue weighted by molar-refractivity contribution is 5.68. The van der Waals surface area contributed by atoms with Crippen LogP contribution in [-0.4, -0.2) is 23.3 Å². The van der Waals surface area contributed by atoms with Crippen molar-refractivity contribution in [3.63, 3.8) is 0 Å². The number of rotatable bonds is 1. The molecular weight excluding hydrogens is 184 g/mol. The van der Waals surface area contributed by atoms with E-state index in [0.717, 1.165) is 0 Å². The molecule has 0 aliphatic heterocycles. The molecule has 1 rings (SSSR count). The second-order valence-corrected chi connectivity index (χ2v) is 2.42. The fourth-order valence-corrected chi connectivity index (χ4v) is 0.609. The van der Waals surface area contributed by atoms with Crippen LogP contribution in [0.25, 0.3) is 0 Å². The van der Waals surface area contributed by atoms with Crippen molar-refractivity contribution < 1.29 is 19.7 Å². The molecular formula is C10H14O4. The lowest BCUT2D eigenvalue weighted by atomic mass is 10.3. The molecule has 0 aromatic heterocycles. The first-order valence-corrected chi connectivity index (χ1v) is 4.15. The molecule has 0 aliphatic rings. The highest BCUT2D eigenvalue weighted by Crippen LogP contribution is 2.21. The van der Waals surface area contributed by atoms with Gasteiger partial charge in [-0.3, -0.25) is 4.79 Å². The zero-order chi connectivity index (χ0) is 11.0. The molecule has 78 valence electrons. The van der Waals surface area contributed by atoms with E-state index in [1.54, 1.807) is 19.1 Å². The van der Waals surface area contributed by atoms with Crippen molar-refractivity contribution in [2.24, 2.45) is 0 Å². The third kappa shape index (κ3) is 5.03. The van der Waals surface area contributed by atoms with Gasteiger partial charge >= 0.3 is 5.97 Å². The monoisotopic (exact) mass is 198 g/mol. The van der Waals surface area contributed by atoms with Crippen molar-refractivity contribution in [3.05, 3.63) is 24.3 Å². The van der Waals surface area contributed by atoms with Gasteiger partial charge in [-0.2, -0.15) is 0 Å². The predicted molar refractivity (Wildman–Crippen MR) is 52.1 cm³/mol. The number of carbonyl (C=O) groups is 1. The first-order valence-electron chi connectivity index (χ1n) is 4.15. The van der Waals surface area contributed by atoms with Crippen molar-refractivity contribution in [2.45, 2.75) is 13.3 Å². The average molecular weight is 198 g/mol. The van der Waals surface area contributed by atoms with E-state index >= 15 is 0 Å². The predicted octanol–water partition coefficient (Wildman–Crippen LogP) is 1.67. The number of methoxy groups -OCH3 is 1. The lowest BCUT2D eigenvalue weighted by Gasteiger charge is -1.91. The molecule has 1 aromatic carbocycles. The highest BCUT2D eigenvalue weighted by atomic mass is 16.5. The van der Waals surface area contributed by atoms with E-state index in [1.165, 1.54) is 19.2 Å². The molecule has 0 saturated carbocycles. The number of hydrogen-bond donors (Lipinski definition) is 2. The molecule has 0 spiro atoms. The minimum absolute atomic E-state index is 0.0764. The first kappa shape index (κ1) is 12.3. The van der Waals surface area contributed by atoms with E-state index < -0.39 is 0 Å². The van der Waals surface area contributed by atoms with Gasteiger partial charge in [-0.15, -0.1) is 0 Å². The van der Waals surface area contributed by atoms with Gasteiger partial charge in [0.15, 0.2) is 11.5 Å². The van der Waals surface area contributed by atoms with Gasteiger partial charge in [0.05, 0.1) is 7.11 Å². The maximum absolute atomic E-state index is 9.96. The summed E-state index contributed by atoms with van der Waals surface area (Å²) in [6.07, 6.45) is 0.469. The number of carbonyl (C=O) groups excluding carboxylic acids is 1. The van der Waals surface area contributed by atoms with Gasteiger partial charge in [0.25, 0.3) is 0 Å². The Morgan fingerprint density at radius 1 is 1.29 bits per heavy atom. The van der Waals surface area contributed by atoms with Gasteiger partial charge in [-0.05, 0) is 12.1 Å². The van der Waals surface area contributed by atoms with Crippen LogP contribution in [0.2, 0.25) is 0 Å². The zero-order valence-corrected chi connectivity index (χ0v) is 8.23. The minimum atomic E-state index is -0.157. The molecule has 4 nitrogen and oxygen atoms in total. The Morgan fingerprint density at radius 3 is 1.86 bits per heavy atom. The third-order valence-electron chi connectivity index (χ3n) is 1.40. The quantitative estimate of drug-likeness (QED) is 0.532. The van der Waals surface area contributed by atoms with Gasteiger partial charge in [-0.25, -0.2) is 0 Å². The molecule has 4 heteroatoms. The highest BCUT2D eigenvalue weighted by Gasteiger charge is 1.90. The smallest absolute Gasteiger partial charge is 0.305 e. The Morgan fingerprint density at radius 2 is 1.71 bits per heavy atom. The molecule has 14 heavy (non-hydrogen) atoms. The lowest BCUT2D eigenvalue weighted by Crippen LogP contribution is -1.94. The van der Waals surface area contributed by atoms with E-state index in [0.29, 0.717) is 6.42 Å². The molecule has 1 aromatic rings. The van der Waals surface area contributed by atoms with Crippen LogP contribution in [0.4, 0.5) is 0 Å². The number of aromatic hydroxyl groups is 2. The lowest BCUT2D eigenvalue weighted by molar-refractivity contribution is -0.140. The van der Waals surface area contributed by atoms with E-state index in [4.69, 9.17) is 10.2 Å². The summed E-state index contributed by atoms with van der Waals surface area (Å²) in [5.41, 5.74) is 0. The van der Waals surface area contributed by atoms with Crippen LogP contribution in [0, 0.1) is 0 Å². The van der Waals surface area contributed by atoms with E-state index in [9.17, 15) is 4.79 Å². The second-order valence-electron chi connectivity index (χ2n) is 2.42. The normalized spacial score (nSPS) is 8.43. The number of ether oxygens (including phenoxy) is 1. The van der Waals surface area contributed by atoms with Crippen molar-refractivity contribution in [1.29, 1.82) is 0 Å². The maximum Gasteiger partial charge on any atom is 0.305 e. The molecule has 0 radical (unpaired) electrons. The largest absolute Gasteiger partial charge is 0.504 e. The number of para-hydroxylation sites is 2. The molecule has 0 unspecified atom stereocenters. The Hall–Kier alpha value is -1.71. The standard InChI is InChI=1S/C6H6O2.C4H8O2/c7-5-3-1-2-4-6(5)8;1-3-4(5)6-2/h1-4,7-8H;3H2,1-2H3. The van der Waals surface area contributed by atoms with E-state index in [1.807, 2.05) is 0 Å². The number of phenols is 2. The minimum Gasteiger partial charge on any atom is -0.504 e. The van der Waals surface area contributed by atoms with E-state index in [-0.39, 0.29) is 17.5 Å². The molecule has 2 N–H and O–H groups in total. The van der Waals surface area contributed by atoms with Gasteiger partial charge in [-0.1, -0.05) is 19.1 Å². The van der Waals surface area contributed by atoms with Gasteiger partial charge in [0.2, 0.25) is 0 Å². The Balaban J connectivity index is 0.000000255. The molecule has 0 bridgehead atoms. The molecule has 0 atom stereocenters. The summed E-state index contributed by atoms with van der Waals surface area (Å²) in [6.45, 7) is 1.76. The first-order chi connectivity index (χ1) is 6.61. The molecule has 0 aliphatic carbocycles. The van der Waals surface area contributed by atoms with Crippen LogP contribution in [0.1, 0.15) is 13.3 Å². The third-order valence-corrected chi connectivity index (χ3v) is 1.40. The Labute approximate surface area is 82.8 Å². The van der Waals surface area contributed by atoms with Gasteiger partial charge in [0, 0.05) is 6.42 Å². The molecule has 0 heterocycles. The summed E-state index contributed by atoms with van der Waals surface area (Å²) in [6, 6.07) is 6.15. The molecule has 0 amide bonds. The topological polar surface area (TPSA) is 66.8 Å². The number of benzene rings is 1. The van der Waals surface area contributed by atoms with Gasteiger partial charge in [0.1, 0.15) is 0 Å². The summed E-state index contributed by atoms with van der Waals surface area (Å²) in [7, 11) is 1.38. The van der Waals surface area contributed by atoms with E-state index in [2.05, 4.69) is 4.74 Å². The van der Waals surface area contributed by atoms with Crippen LogP contribution < -0.4 is 0 Å². The zero-order valence-electron chi connectivity index (χ0n) is 8.23. The van der Waals surface area contributed by atoms with Crippen molar-refractivity contribution in [3.8, 4) is 11.5 Å². The number of esters is 1. The summed E-state index contributed by atoms with van der Waals surface area (Å²) < 4.78 is 4.26. The summed E-state index contributed by atoms with van der Waals surface area (Å²) in [4.78, 5) is 9.96. The van der Waals surface area contributed by atoms with Crippen LogP contribution in [0.15, 0.2) is 24.3 Å². The Kier molecular flexibility index (Phi) is 5.94. The SMILES string of the molecule is CCC(=O)OC.Oc1ccccc1O. The van der Waals surface area contributed by atoms with Crippen LogP contribution in [0.3, 0.4) is 0 Å². The number of phenolic OH excluding ortho intramolecular Hbond substituents is 2. The number of hydrogen-bond acceptors (Lipinski definition) is 4. The van der Waals surface area contributed by atoms with Crippen molar-refractivity contribution in [2.75, 3.05) is 7.11 Å². The molecule has 0 fully saturated rings. The second kappa shape index (κ2) is 6.77. The van der Waals surface area contributed by atoms with Crippen LogP contribution in [0.5, 0.6) is 11.5 Å². The fraction of sp³-hybridized carbons (Fsp3) is 0.300. The van der Waals surface area contributed by atoms with Crippen molar-refractivity contribution in [1.82, 2.24) is 0 Å². The summed E-state index contributed by atoms with van der Waals surface area (Å²) in [5.74, 6) is -0.310. The fourth-order valence-electron chi connectivity index (χ4n) is 0.609. The summed E-state index contributed by atoms with van der Waals surface area (Å²) in [5, 5.41) is 17.3. The van der Waals surface area contributed by atoms with Crippen LogP contribution >= 0.6 is 0 Å².